The molecule has 9 nitrogen and oxygen atoms in total. The molecule has 0 unspecified atom stereocenters. The summed E-state index contributed by atoms with van der Waals surface area (Å²) in [6.07, 6.45) is -0.406. The number of aliphatic hydroxyl groups excluding tert-OH is 1. The molecule has 3 N–H and O–H groups in total. The third-order valence-corrected chi connectivity index (χ3v) is 5.10. The highest BCUT2D eigenvalue weighted by molar-refractivity contribution is 7.80. The Kier molecular flexibility index (Phi) is 6.23. The Morgan fingerprint density at radius 3 is 2.94 bits per heavy atom. The second-order valence-electron chi connectivity index (χ2n) is 6.96. The summed E-state index contributed by atoms with van der Waals surface area (Å²) in [6.45, 7) is 1.20. The number of benzene rings is 2. The minimum absolute atomic E-state index is 0.0767. The van der Waals surface area contributed by atoms with Crippen molar-refractivity contribution < 1.29 is 19.0 Å². The summed E-state index contributed by atoms with van der Waals surface area (Å²) in [4.78, 5) is 13.7. The van der Waals surface area contributed by atoms with Gasteiger partial charge >= 0.3 is 6.09 Å². The van der Waals surface area contributed by atoms with E-state index in [-0.39, 0.29) is 18.8 Å². The third-order valence-electron chi connectivity index (χ3n) is 4.81. The normalized spacial score (nSPS) is 15.9. The summed E-state index contributed by atoms with van der Waals surface area (Å²) in [6, 6.07) is 11.8. The largest absolute Gasteiger partial charge is 0.442 e. The van der Waals surface area contributed by atoms with Crippen LogP contribution in [0.2, 0.25) is 0 Å². The van der Waals surface area contributed by atoms with Crippen molar-refractivity contribution >= 4 is 40.1 Å². The molecule has 2 aromatic carbocycles. The van der Waals surface area contributed by atoms with Crippen LogP contribution >= 0.6 is 12.2 Å². The molecule has 1 aromatic heterocycles. The fraction of sp³-hybridized carbons (Fsp3) is 0.300. The number of hydrogen-bond donors (Lipinski definition) is 3. The van der Waals surface area contributed by atoms with E-state index in [1.54, 1.807) is 24.3 Å². The maximum absolute atomic E-state index is 14.9. The number of anilines is 1. The molecule has 2 heterocycles. The van der Waals surface area contributed by atoms with E-state index in [0.29, 0.717) is 41.3 Å². The first-order chi connectivity index (χ1) is 15.1. The summed E-state index contributed by atoms with van der Waals surface area (Å²) < 4.78 is 21.7. The lowest BCUT2D eigenvalue weighted by Gasteiger charge is -2.15. The monoisotopic (exact) mass is 444 g/mol. The zero-order valence-corrected chi connectivity index (χ0v) is 17.3. The molecule has 11 heteroatoms. The number of halogens is 1. The van der Waals surface area contributed by atoms with Gasteiger partial charge < -0.3 is 20.5 Å². The molecule has 1 saturated heterocycles. The van der Waals surface area contributed by atoms with Crippen LogP contribution < -0.4 is 15.5 Å². The van der Waals surface area contributed by atoms with Crippen LogP contribution in [0.5, 0.6) is 0 Å². The topological polar surface area (TPSA) is 105 Å². The van der Waals surface area contributed by atoms with Gasteiger partial charge in [0.05, 0.1) is 24.3 Å². The fourth-order valence-corrected chi connectivity index (χ4v) is 3.46. The van der Waals surface area contributed by atoms with Gasteiger partial charge in [0.2, 0.25) is 0 Å². The van der Waals surface area contributed by atoms with E-state index in [1.807, 2.05) is 12.1 Å². The molecule has 0 aliphatic carbocycles. The zero-order chi connectivity index (χ0) is 21.8. The molecule has 3 aromatic rings. The van der Waals surface area contributed by atoms with Gasteiger partial charge in [-0.2, -0.15) is 0 Å². The molecular formula is C20H21FN6O3S. The van der Waals surface area contributed by atoms with Gasteiger partial charge in [-0.05, 0) is 49.0 Å². The summed E-state index contributed by atoms with van der Waals surface area (Å²) in [7, 11) is 0. The first-order valence-corrected chi connectivity index (χ1v) is 10.2. The van der Waals surface area contributed by atoms with Crippen LogP contribution in [0.4, 0.5) is 14.9 Å². The number of nitrogens with zero attached hydrogens (tertiary/aromatic N) is 4. The number of carbonyl (C=O) groups excluding carboxylic acids is 1. The van der Waals surface area contributed by atoms with Crippen LogP contribution in [0.15, 0.2) is 42.5 Å². The van der Waals surface area contributed by atoms with Gasteiger partial charge in [0.15, 0.2) is 10.9 Å². The second-order valence-corrected chi connectivity index (χ2v) is 7.36. The van der Waals surface area contributed by atoms with Crippen molar-refractivity contribution in [2.24, 2.45) is 0 Å². The highest BCUT2D eigenvalue weighted by Gasteiger charge is 2.32. The number of hydrogen-bond acceptors (Lipinski definition) is 6. The van der Waals surface area contributed by atoms with Crippen LogP contribution in [-0.4, -0.2) is 63.7 Å². The SMILES string of the molecule is O=C1O[C@@H](CNC(=S)NCCCO)CN1c1ccc(-n2nnc3ccccc32)c(F)c1. The number of cyclic esters (lactones) is 1. The Morgan fingerprint density at radius 2 is 2.13 bits per heavy atom. The van der Waals surface area contributed by atoms with Crippen molar-refractivity contribution in [3.05, 3.63) is 48.3 Å². The van der Waals surface area contributed by atoms with E-state index in [0.717, 1.165) is 0 Å². The number of carbonyl (C=O) groups is 1. The summed E-state index contributed by atoms with van der Waals surface area (Å²) >= 11 is 5.14. The van der Waals surface area contributed by atoms with Gasteiger partial charge in [0.1, 0.15) is 17.3 Å². The molecule has 1 atom stereocenters. The highest BCUT2D eigenvalue weighted by atomic mass is 32.1. The van der Waals surface area contributed by atoms with E-state index >= 15 is 0 Å². The number of rotatable bonds is 7. The number of nitrogens with one attached hydrogen (secondary N) is 2. The van der Waals surface area contributed by atoms with Crippen molar-refractivity contribution in [1.29, 1.82) is 0 Å². The molecule has 31 heavy (non-hydrogen) atoms. The molecule has 1 aliphatic heterocycles. The van der Waals surface area contributed by atoms with E-state index in [2.05, 4.69) is 20.9 Å². The van der Waals surface area contributed by atoms with Crippen molar-refractivity contribution in [2.75, 3.05) is 31.1 Å². The average Bonchev–Trinajstić information content (AvgIpc) is 3.36. The maximum atomic E-state index is 14.9. The molecule has 0 bridgehead atoms. The molecule has 162 valence electrons. The second kappa shape index (κ2) is 9.23. The van der Waals surface area contributed by atoms with Crippen molar-refractivity contribution in [3.63, 3.8) is 0 Å². The van der Waals surface area contributed by atoms with Gasteiger partial charge in [-0.25, -0.2) is 13.9 Å². The molecule has 1 aliphatic rings. The molecule has 0 saturated carbocycles. The van der Waals surface area contributed by atoms with Crippen LogP contribution in [0.25, 0.3) is 16.7 Å². The van der Waals surface area contributed by atoms with Crippen LogP contribution in [0.3, 0.4) is 0 Å². The van der Waals surface area contributed by atoms with Crippen LogP contribution in [0, 0.1) is 5.82 Å². The van der Waals surface area contributed by atoms with Gasteiger partial charge in [-0.15, -0.1) is 5.10 Å². The van der Waals surface area contributed by atoms with E-state index < -0.39 is 18.0 Å². The summed E-state index contributed by atoms with van der Waals surface area (Å²) in [5.41, 5.74) is 1.97. The molecule has 1 amide bonds. The maximum Gasteiger partial charge on any atom is 0.414 e. The van der Waals surface area contributed by atoms with Crippen LogP contribution in [-0.2, 0) is 4.74 Å². The fourth-order valence-electron chi connectivity index (χ4n) is 3.27. The first kappa shape index (κ1) is 20.9. The number of aromatic nitrogens is 3. The van der Waals surface area contributed by atoms with Crippen LogP contribution in [0.1, 0.15) is 6.42 Å². The number of ether oxygens (including phenoxy) is 1. The van der Waals surface area contributed by atoms with Gasteiger partial charge in [-0.3, -0.25) is 4.90 Å². The number of para-hydroxylation sites is 1. The Balaban J connectivity index is 1.42. The Labute approximate surface area is 182 Å². The molecule has 0 radical (unpaired) electrons. The quantitative estimate of drug-likeness (QED) is 0.374. The van der Waals surface area contributed by atoms with Crippen molar-refractivity contribution in [3.8, 4) is 5.69 Å². The lowest BCUT2D eigenvalue weighted by atomic mass is 10.2. The third kappa shape index (κ3) is 4.57. The standard InChI is InChI=1S/C20H21FN6O3S/c21-15-10-13(6-7-17(15)27-18-5-2-1-4-16(18)24-25-27)26-12-14(30-20(26)29)11-23-19(31)22-8-3-9-28/h1-2,4-7,10,14,28H,3,8-9,11-12H2,(H2,22,23,31)/t14-/m0/s1. The predicted molar refractivity (Wildman–Crippen MR) is 117 cm³/mol. The number of thiocarbonyl (C=S) groups is 1. The first-order valence-electron chi connectivity index (χ1n) is 9.78. The lowest BCUT2D eigenvalue weighted by molar-refractivity contribution is 0.143. The molecule has 0 spiro atoms. The smallest absolute Gasteiger partial charge is 0.414 e. The highest BCUT2D eigenvalue weighted by Crippen LogP contribution is 2.26. The van der Waals surface area contributed by atoms with Crippen molar-refractivity contribution in [1.82, 2.24) is 25.6 Å². The minimum Gasteiger partial charge on any atom is -0.442 e. The Morgan fingerprint density at radius 1 is 1.29 bits per heavy atom. The number of aliphatic hydroxyl groups is 1. The number of amides is 1. The van der Waals surface area contributed by atoms with E-state index in [4.69, 9.17) is 22.1 Å². The molecule has 4 rings (SSSR count). The van der Waals surface area contributed by atoms with Gasteiger partial charge in [0.25, 0.3) is 0 Å². The van der Waals surface area contributed by atoms with E-state index in [1.165, 1.54) is 15.6 Å². The molecular weight excluding hydrogens is 423 g/mol. The van der Waals surface area contributed by atoms with E-state index in [9.17, 15) is 9.18 Å². The summed E-state index contributed by atoms with van der Waals surface area (Å²) in [5.74, 6) is -0.531. The van der Waals surface area contributed by atoms with Gasteiger partial charge in [-0.1, -0.05) is 17.3 Å². The van der Waals surface area contributed by atoms with Gasteiger partial charge in [0, 0.05) is 13.2 Å². The molecule has 1 fully saturated rings. The zero-order valence-electron chi connectivity index (χ0n) is 16.5. The van der Waals surface area contributed by atoms with Crippen molar-refractivity contribution in [2.45, 2.75) is 12.5 Å². The predicted octanol–water partition coefficient (Wildman–Crippen LogP) is 1.73. The minimum atomic E-state index is -0.552. The summed E-state index contributed by atoms with van der Waals surface area (Å²) in [5, 5.41) is 23.2. The Bertz CT molecular complexity index is 1110. The Hall–Kier alpha value is -3.31. The number of fused-ring (bicyclic) bond motifs is 1. The average molecular weight is 444 g/mol. The lowest BCUT2D eigenvalue weighted by Crippen LogP contribution is -2.41.